The lowest BCUT2D eigenvalue weighted by atomic mass is 9.95. The molecule has 0 bridgehead atoms. The Morgan fingerprint density at radius 2 is 2.24 bits per heavy atom. The van der Waals surface area contributed by atoms with Gasteiger partial charge in [0.15, 0.2) is 0 Å². The van der Waals surface area contributed by atoms with Crippen LogP contribution in [0.25, 0.3) is 0 Å². The third kappa shape index (κ3) is 2.76. The zero-order valence-electron chi connectivity index (χ0n) is 11.6. The lowest BCUT2D eigenvalue weighted by molar-refractivity contribution is -0.120. The first-order chi connectivity index (χ1) is 10.1. The van der Waals surface area contributed by atoms with E-state index in [0.29, 0.717) is 23.7 Å². The number of amides is 2. The molecule has 2 unspecified atom stereocenters. The zero-order valence-corrected chi connectivity index (χ0v) is 12.4. The Morgan fingerprint density at radius 1 is 1.43 bits per heavy atom. The van der Waals surface area contributed by atoms with Gasteiger partial charge >= 0.3 is 0 Å². The molecule has 6 heteroatoms. The van der Waals surface area contributed by atoms with E-state index >= 15 is 0 Å². The quantitative estimate of drug-likeness (QED) is 0.800. The van der Waals surface area contributed by atoms with Crippen LogP contribution >= 0.6 is 11.6 Å². The van der Waals surface area contributed by atoms with E-state index in [0.717, 1.165) is 30.5 Å². The van der Waals surface area contributed by atoms with Crippen LogP contribution < -0.4 is 16.4 Å². The van der Waals surface area contributed by atoms with Crippen LogP contribution in [0.5, 0.6) is 0 Å². The van der Waals surface area contributed by atoms with Crippen molar-refractivity contribution in [2.75, 3.05) is 17.2 Å². The fourth-order valence-corrected chi connectivity index (χ4v) is 3.44. The summed E-state index contributed by atoms with van der Waals surface area (Å²) in [6.45, 7) is 0.536. The molecule has 5 nitrogen and oxygen atoms in total. The number of hydrogen-bond donors (Lipinski definition) is 3. The van der Waals surface area contributed by atoms with E-state index in [2.05, 4.69) is 10.6 Å². The van der Waals surface area contributed by atoms with Gasteiger partial charge in [-0.1, -0.05) is 18.0 Å². The molecule has 1 fully saturated rings. The first-order valence-corrected chi connectivity index (χ1v) is 7.59. The van der Waals surface area contributed by atoms with E-state index in [1.54, 1.807) is 12.1 Å². The summed E-state index contributed by atoms with van der Waals surface area (Å²) in [5, 5.41) is 6.07. The monoisotopic (exact) mass is 307 g/mol. The van der Waals surface area contributed by atoms with Gasteiger partial charge in [0.25, 0.3) is 0 Å². The van der Waals surface area contributed by atoms with Crippen LogP contribution in [0.1, 0.15) is 24.8 Å². The Labute approximate surface area is 128 Å². The van der Waals surface area contributed by atoms with Crippen LogP contribution in [0.3, 0.4) is 0 Å². The van der Waals surface area contributed by atoms with Gasteiger partial charge in [-0.15, -0.1) is 0 Å². The van der Waals surface area contributed by atoms with Crippen molar-refractivity contribution in [3.63, 3.8) is 0 Å². The summed E-state index contributed by atoms with van der Waals surface area (Å²) < 4.78 is 0. The molecule has 1 aromatic carbocycles. The number of fused-ring (bicyclic) bond motifs is 1. The van der Waals surface area contributed by atoms with Gasteiger partial charge < -0.3 is 16.4 Å². The maximum Gasteiger partial charge on any atom is 0.228 e. The number of benzene rings is 1. The molecule has 1 aliphatic heterocycles. The van der Waals surface area contributed by atoms with Gasteiger partial charge in [0.2, 0.25) is 11.8 Å². The number of carbonyl (C=O) groups excluding carboxylic acids is 2. The number of nitrogens with one attached hydrogen (secondary N) is 2. The number of nitrogens with two attached hydrogens (primary N) is 1. The van der Waals surface area contributed by atoms with Crippen LogP contribution in [0.2, 0.25) is 5.02 Å². The minimum atomic E-state index is -0.0523. The molecule has 4 N–H and O–H groups in total. The minimum absolute atomic E-state index is 0.0258. The Hall–Kier alpha value is -1.59. The molecule has 0 aromatic heterocycles. The summed E-state index contributed by atoms with van der Waals surface area (Å²) in [4.78, 5) is 23.8. The predicted molar refractivity (Wildman–Crippen MR) is 82.3 cm³/mol. The van der Waals surface area contributed by atoms with Crippen molar-refractivity contribution in [1.29, 1.82) is 0 Å². The van der Waals surface area contributed by atoms with Gasteiger partial charge in [0, 0.05) is 11.6 Å². The molecule has 21 heavy (non-hydrogen) atoms. The molecule has 112 valence electrons. The van der Waals surface area contributed by atoms with Gasteiger partial charge in [0.05, 0.1) is 17.1 Å². The van der Waals surface area contributed by atoms with Crippen LogP contribution in [-0.2, 0) is 16.0 Å². The van der Waals surface area contributed by atoms with Crippen molar-refractivity contribution >= 4 is 34.8 Å². The molecular weight excluding hydrogens is 290 g/mol. The molecule has 2 amide bonds. The molecule has 2 atom stereocenters. The van der Waals surface area contributed by atoms with Gasteiger partial charge in [-0.2, -0.15) is 0 Å². The second-order valence-corrected chi connectivity index (χ2v) is 6.14. The Balaban J connectivity index is 1.78. The van der Waals surface area contributed by atoms with Crippen LogP contribution in [0, 0.1) is 11.8 Å². The van der Waals surface area contributed by atoms with E-state index in [4.69, 9.17) is 17.3 Å². The molecule has 1 aromatic rings. The lowest BCUT2D eigenvalue weighted by Gasteiger charge is -2.18. The highest BCUT2D eigenvalue weighted by molar-refractivity contribution is 6.34. The Kier molecular flexibility index (Phi) is 3.87. The van der Waals surface area contributed by atoms with Crippen molar-refractivity contribution in [2.45, 2.75) is 25.7 Å². The highest BCUT2D eigenvalue weighted by Gasteiger charge is 2.32. The molecule has 1 saturated carbocycles. The first-order valence-electron chi connectivity index (χ1n) is 7.21. The summed E-state index contributed by atoms with van der Waals surface area (Å²) in [5.41, 5.74) is 7.88. The zero-order chi connectivity index (χ0) is 15.0. The van der Waals surface area contributed by atoms with Crippen molar-refractivity contribution in [1.82, 2.24) is 0 Å². The van der Waals surface area contributed by atoms with Crippen LogP contribution in [0.4, 0.5) is 11.4 Å². The third-order valence-corrected chi connectivity index (χ3v) is 4.69. The van der Waals surface area contributed by atoms with Gasteiger partial charge in [-0.05, 0) is 43.0 Å². The molecule has 1 aliphatic carbocycles. The summed E-state index contributed by atoms with van der Waals surface area (Å²) >= 11 is 6.19. The summed E-state index contributed by atoms with van der Waals surface area (Å²) in [5.74, 6) is 0.131. The number of hydrogen-bond acceptors (Lipinski definition) is 3. The number of carbonyl (C=O) groups is 2. The molecule has 3 rings (SSSR count). The normalized spacial score (nSPS) is 23.8. The van der Waals surface area contributed by atoms with E-state index in [-0.39, 0.29) is 23.7 Å². The first kappa shape index (κ1) is 14.4. The van der Waals surface area contributed by atoms with Gasteiger partial charge in [0.1, 0.15) is 0 Å². The minimum Gasteiger partial charge on any atom is -0.330 e. The maximum absolute atomic E-state index is 12.4. The summed E-state index contributed by atoms with van der Waals surface area (Å²) in [6.07, 6.45) is 3.24. The van der Waals surface area contributed by atoms with E-state index in [9.17, 15) is 9.59 Å². The number of halogens is 1. The van der Waals surface area contributed by atoms with Gasteiger partial charge in [-0.25, -0.2) is 0 Å². The molecule has 0 saturated heterocycles. The van der Waals surface area contributed by atoms with Crippen molar-refractivity contribution in [2.24, 2.45) is 17.6 Å². The average molecular weight is 308 g/mol. The number of anilines is 2. The average Bonchev–Trinajstić information content (AvgIpc) is 3.04. The predicted octanol–water partition coefficient (Wildman–Crippen LogP) is 2.15. The lowest BCUT2D eigenvalue weighted by Crippen LogP contribution is -2.29. The van der Waals surface area contributed by atoms with E-state index in [1.807, 2.05) is 0 Å². The summed E-state index contributed by atoms with van der Waals surface area (Å²) in [7, 11) is 0. The fourth-order valence-electron chi connectivity index (χ4n) is 3.23. The Morgan fingerprint density at radius 3 is 3.00 bits per heavy atom. The highest BCUT2D eigenvalue weighted by atomic mass is 35.5. The van der Waals surface area contributed by atoms with Crippen LogP contribution in [0.15, 0.2) is 12.1 Å². The standard InChI is InChI=1S/C15H18ClN3O2/c16-11-6-12-9(5-14(20)18-12)4-13(11)19-15(21)10-3-1-2-8(10)7-17/h4,6,8,10H,1-3,5,7,17H2,(H,18,20)(H,19,21). The van der Waals surface area contributed by atoms with Crippen LogP contribution in [-0.4, -0.2) is 18.4 Å². The molecule has 0 radical (unpaired) electrons. The highest BCUT2D eigenvalue weighted by Crippen LogP contribution is 2.35. The smallest absolute Gasteiger partial charge is 0.228 e. The molecule has 0 spiro atoms. The number of rotatable bonds is 3. The van der Waals surface area contributed by atoms with Crippen molar-refractivity contribution in [3.05, 3.63) is 22.7 Å². The van der Waals surface area contributed by atoms with Crippen molar-refractivity contribution in [3.8, 4) is 0 Å². The van der Waals surface area contributed by atoms with E-state index < -0.39 is 0 Å². The van der Waals surface area contributed by atoms with Gasteiger partial charge in [-0.3, -0.25) is 9.59 Å². The Bertz CT molecular complexity index is 603. The second-order valence-electron chi connectivity index (χ2n) is 5.74. The SMILES string of the molecule is NCC1CCCC1C(=O)Nc1cc2c(cc1Cl)NC(=O)C2. The molecule has 1 heterocycles. The molecule has 2 aliphatic rings. The van der Waals surface area contributed by atoms with E-state index in [1.165, 1.54) is 0 Å². The third-order valence-electron chi connectivity index (χ3n) is 4.37. The maximum atomic E-state index is 12.4. The van der Waals surface area contributed by atoms with Crippen molar-refractivity contribution < 1.29 is 9.59 Å². The molecular formula is C15H18ClN3O2. The summed E-state index contributed by atoms with van der Waals surface area (Å²) in [6, 6.07) is 3.46. The largest absolute Gasteiger partial charge is 0.330 e. The fraction of sp³-hybridized carbons (Fsp3) is 0.467. The topological polar surface area (TPSA) is 84.2 Å². The second kappa shape index (κ2) is 5.66.